The van der Waals surface area contributed by atoms with Gasteiger partial charge in [0.25, 0.3) is 11.8 Å². The number of furan rings is 1. The van der Waals surface area contributed by atoms with E-state index in [0.29, 0.717) is 17.1 Å². The van der Waals surface area contributed by atoms with Gasteiger partial charge in [0, 0.05) is 17.6 Å². The fourth-order valence-corrected chi connectivity index (χ4v) is 2.58. The number of aromatic nitrogens is 4. The first-order chi connectivity index (χ1) is 13.0. The quantitative estimate of drug-likeness (QED) is 0.575. The maximum Gasteiger partial charge on any atom is 0.322 e. The van der Waals surface area contributed by atoms with Gasteiger partial charge in [0.05, 0.1) is 7.11 Å². The molecule has 0 saturated carbocycles. The highest BCUT2D eigenvalue weighted by atomic mass is 16.5. The second kappa shape index (κ2) is 6.60. The SMILES string of the molecule is COc1cccc2cc(-c3nnc(NC(=O)c4ccn(C(C)C)n4)o3)oc12. The molecule has 0 saturated heterocycles. The standard InChI is InChI=1S/C18H17N5O4/c1-10(2)23-8-7-12(22-23)16(24)19-18-21-20-17(27-18)14-9-11-5-4-6-13(25-3)15(11)26-14/h4-10H,1-3H3,(H,19,21,24). The maximum atomic E-state index is 12.3. The average Bonchev–Trinajstić information content (AvgIpc) is 3.39. The van der Waals surface area contributed by atoms with Gasteiger partial charge in [-0.05, 0) is 32.0 Å². The zero-order chi connectivity index (χ0) is 19.0. The van der Waals surface area contributed by atoms with Crippen LogP contribution in [0.15, 0.2) is 45.4 Å². The van der Waals surface area contributed by atoms with Crippen molar-refractivity contribution in [3.63, 3.8) is 0 Å². The Balaban J connectivity index is 1.55. The minimum atomic E-state index is -0.434. The van der Waals surface area contributed by atoms with E-state index in [1.807, 2.05) is 26.0 Å². The second-order valence-electron chi connectivity index (χ2n) is 6.13. The van der Waals surface area contributed by atoms with Crippen LogP contribution in [0.5, 0.6) is 5.75 Å². The molecule has 0 aliphatic rings. The summed E-state index contributed by atoms with van der Waals surface area (Å²) in [5.41, 5.74) is 0.843. The third-order valence-corrected chi connectivity index (χ3v) is 3.95. The molecule has 3 heterocycles. The smallest absolute Gasteiger partial charge is 0.322 e. The Labute approximate surface area is 153 Å². The lowest BCUT2D eigenvalue weighted by Crippen LogP contribution is -2.14. The van der Waals surface area contributed by atoms with Crippen molar-refractivity contribution in [1.29, 1.82) is 0 Å². The van der Waals surface area contributed by atoms with E-state index in [1.165, 1.54) is 0 Å². The van der Waals surface area contributed by atoms with Gasteiger partial charge in [-0.1, -0.05) is 17.2 Å². The number of nitrogens with zero attached hydrogens (tertiary/aromatic N) is 4. The molecule has 1 amide bonds. The Morgan fingerprint density at radius 1 is 1.22 bits per heavy atom. The topological polar surface area (TPSA) is 108 Å². The average molecular weight is 367 g/mol. The minimum Gasteiger partial charge on any atom is -0.493 e. The Bertz CT molecular complexity index is 1110. The van der Waals surface area contributed by atoms with E-state index in [9.17, 15) is 4.79 Å². The lowest BCUT2D eigenvalue weighted by atomic mass is 10.2. The largest absolute Gasteiger partial charge is 0.493 e. The normalized spacial score (nSPS) is 11.3. The Morgan fingerprint density at radius 2 is 2.07 bits per heavy atom. The Hall–Kier alpha value is -3.62. The highest BCUT2D eigenvalue weighted by Gasteiger charge is 2.18. The number of para-hydroxylation sites is 1. The highest BCUT2D eigenvalue weighted by molar-refractivity contribution is 6.01. The summed E-state index contributed by atoms with van der Waals surface area (Å²) in [7, 11) is 1.57. The van der Waals surface area contributed by atoms with Crippen molar-refractivity contribution in [2.75, 3.05) is 12.4 Å². The van der Waals surface area contributed by atoms with Crippen molar-refractivity contribution >= 4 is 22.9 Å². The molecule has 1 N–H and O–H groups in total. The van der Waals surface area contributed by atoms with Crippen LogP contribution < -0.4 is 10.1 Å². The van der Waals surface area contributed by atoms with Gasteiger partial charge in [-0.15, -0.1) is 5.10 Å². The fourth-order valence-electron chi connectivity index (χ4n) is 2.58. The number of amides is 1. The van der Waals surface area contributed by atoms with Gasteiger partial charge < -0.3 is 13.6 Å². The van der Waals surface area contributed by atoms with E-state index in [1.54, 1.807) is 36.2 Å². The predicted octanol–water partition coefficient (Wildman–Crippen LogP) is 3.52. The molecule has 0 radical (unpaired) electrons. The van der Waals surface area contributed by atoms with Crippen LogP contribution in [0.2, 0.25) is 0 Å². The first kappa shape index (κ1) is 16.8. The van der Waals surface area contributed by atoms with Crippen molar-refractivity contribution in [3.8, 4) is 17.4 Å². The summed E-state index contributed by atoms with van der Waals surface area (Å²) in [5, 5.41) is 15.3. The van der Waals surface area contributed by atoms with Crippen molar-refractivity contribution in [3.05, 3.63) is 42.2 Å². The number of nitrogens with one attached hydrogen (secondary N) is 1. The first-order valence-corrected chi connectivity index (χ1v) is 8.32. The molecule has 0 unspecified atom stereocenters. The number of hydrogen-bond donors (Lipinski definition) is 1. The fraction of sp³-hybridized carbons (Fsp3) is 0.222. The van der Waals surface area contributed by atoms with E-state index in [2.05, 4.69) is 20.6 Å². The molecule has 0 bridgehead atoms. The molecule has 4 aromatic rings. The van der Waals surface area contributed by atoms with Gasteiger partial charge in [0.1, 0.15) is 0 Å². The molecule has 0 aliphatic carbocycles. The number of carbonyl (C=O) groups is 1. The lowest BCUT2D eigenvalue weighted by Gasteiger charge is -2.03. The number of rotatable bonds is 5. The zero-order valence-electron chi connectivity index (χ0n) is 15.0. The molecule has 9 heteroatoms. The Morgan fingerprint density at radius 3 is 2.81 bits per heavy atom. The van der Waals surface area contributed by atoms with Crippen LogP contribution in [-0.2, 0) is 0 Å². The summed E-state index contributed by atoms with van der Waals surface area (Å²) in [6.45, 7) is 3.95. The van der Waals surface area contributed by atoms with Crippen LogP contribution in [0, 0.1) is 0 Å². The molecular weight excluding hydrogens is 350 g/mol. The van der Waals surface area contributed by atoms with Gasteiger partial charge in [0.15, 0.2) is 22.8 Å². The third kappa shape index (κ3) is 3.14. The molecule has 27 heavy (non-hydrogen) atoms. The molecule has 1 aromatic carbocycles. The molecule has 0 atom stereocenters. The maximum absolute atomic E-state index is 12.3. The molecule has 0 fully saturated rings. The summed E-state index contributed by atoms with van der Waals surface area (Å²) in [6, 6.07) is 9.05. The van der Waals surface area contributed by atoms with Crippen molar-refractivity contribution < 1.29 is 18.4 Å². The predicted molar refractivity (Wildman–Crippen MR) is 96.6 cm³/mol. The van der Waals surface area contributed by atoms with E-state index in [-0.39, 0.29) is 23.6 Å². The van der Waals surface area contributed by atoms with E-state index < -0.39 is 5.91 Å². The van der Waals surface area contributed by atoms with Crippen molar-refractivity contribution in [2.24, 2.45) is 0 Å². The molecular formula is C18H17N5O4. The third-order valence-electron chi connectivity index (χ3n) is 3.95. The van der Waals surface area contributed by atoms with Crippen LogP contribution in [0.4, 0.5) is 6.01 Å². The molecule has 0 spiro atoms. The summed E-state index contributed by atoms with van der Waals surface area (Å²) >= 11 is 0. The van der Waals surface area contributed by atoms with Crippen LogP contribution in [0.3, 0.4) is 0 Å². The number of methoxy groups -OCH3 is 1. The number of ether oxygens (including phenoxy) is 1. The molecule has 4 rings (SSSR count). The lowest BCUT2D eigenvalue weighted by molar-refractivity contribution is 0.101. The monoisotopic (exact) mass is 367 g/mol. The Kier molecular flexibility index (Phi) is 4.11. The van der Waals surface area contributed by atoms with Crippen LogP contribution in [0.25, 0.3) is 22.6 Å². The summed E-state index contributed by atoms with van der Waals surface area (Å²) in [5.74, 6) is 0.700. The number of hydrogen-bond acceptors (Lipinski definition) is 7. The number of fused-ring (bicyclic) bond motifs is 1. The summed E-state index contributed by atoms with van der Waals surface area (Å²) in [6.07, 6.45) is 1.74. The van der Waals surface area contributed by atoms with Gasteiger partial charge in [0.2, 0.25) is 0 Å². The number of benzene rings is 1. The van der Waals surface area contributed by atoms with Crippen LogP contribution in [-0.4, -0.2) is 33.0 Å². The molecule has 9 nitrogen and oxygen atoms in total. The van der Waals surface area contributed by atoms with Crippen molar-refractivity contribution in [2.45, 2.75) is 19.9 Å². The molecule has 0 aliphatic heterocycles. The summed E-state index contributed by atoms with van der Waals surface area (Å²) in [4.78, 5) is 12.3. The number of anilines is 1. The van der Waals surface area contributed by atoms with Crippen LogP contribution in [0.1, 0.15) is 30.4 Å². The van der Waals surface area contributed by atoms with Gasteiger partial charge in [-0.3, -0.25) is 14.8 Å². The first-order valence-electron chi connectivity index (χ1n) is 8.32. The second-order valence-corrected chi connectivity index (χ2v) is 6.13. The molecule has 138 valence electrons. The summed E-state index contributed by atoms with van der Waals surface area (Å²) < 4.78 is 18.2. The van der Waals surface area contributed by atoms with E-state index >= 15 is 0 Å². The molecule has 3 aromatic heterocycles. The van der Waals surface area contributed by atoms with Crippen LogP contribution >= 0.6 is 0 Å². The minimum absolute atomic E-state index is 0.0403. The van der Waals surface area contributed by atoms with E-state index in [4.69, 9.17) is 13.6 Å². The van der Waals surface area contributed by atoms with Crippen molar-refractivity contribution in [1.82, 2.24) is 20.0 Å². The van der Waals surface area contributed by atoms with Gasteiger partial charge in [-0.25, -0.2) is 0 Å². The van der Waals surface area contributed by atoms with Gasteiger partial charge >= 0.3 is 6.01 Å². The number of carbonyl (C=O) groups excluding carboxylic acids is 1. The highest BCUT2D eigenvalue weighted by Crippen LogP contribution is 2.33. The van der Waals surface area contributed by atoms with E-state index in [0.717, 1.165) is 5.39 Å². The van der Waals surface area contributed by atoms with Gasteiger partial charge in [-0.2, -0.15) is 5.10 Å². The zero-order valence-corrected chi connectivity index (χ0v) is 15.0.